The smallest absolute Gasteiger partial charge is 0.238 e. The maximum absolute atomic E-state index is 12.4. The maximum Gasteiger partial charge on any atom is 0.238 e. The van der Waals surface area contributed by atoms with Crippen molar-refractivity contribution < 1.29 is 13.2 Å². The number of amides is 1. The molecule has 0 bridgehead atoms. The fourth-order valence-corrected chi connectivity index (χ4v) is 4.31. The molecule has 2 unspecified atom stereocenters. The Hall–Kier alpha value is -0.470. The summed E-state index contributed by atoms with van der Waals surface area (Å²) in [4.78, 5) is 12.4. The van der Waals surface area contributed by atoms with E-state index in [0.29, 0.717) is 28.8 Å². The van der Waals surface area contributed by atoms with E-state index >= 15 is 0 Å². The van der Waals surface area contributed by atoms with Gasteiger partial charge in [-0.15, -0.1) is 0 Å². The normalized spacial score (nSPS) is 14.1. The second-order valence-corrected chi connectivity index (χ2v) is 9.48. The average molecular weight is 427 g/mol. The number of carbonyl (C=O) groups excluding carboxylic acids is 1. The Morgan fingerprint density at radius 3 is 2.40 bits per heavy atom. The number of hydrogen-bond donors (Lipinski definition) is 2. The van der Waals surface area contributed by atoms with Gasteiger partial charge < -0.3 is 5.32 Å². The van der Waals surface area contributed by atoms with E-state index in [9.17, 15) is 13.2 Å². The van der Waals surface area contributed by atoms with Gasteiger partial charge in [0.05, 0.1) is 5.75 Å². The number of halogens is 2. The predicted molar refractivity (Wildman–Crippen MR) is 107 cm³/mol. The molecule has 0 heterocycles. The van der Waals surface area contributed by atoms with Crippen molar-refractivity contribution in [1.29, 1.82) is 0 Å². The molecule has 1 aromatic carbocycles. The first-order valence-electron chi connectivity index (χ1n) is 7.92. The molecule has 25 heavy (non-hydrogen) atoms. The monoisotopic (exact) mass is 426 g/mol. The van der Waals surface area contributed by atoms with E-state index in [2.05, 4.69) is 10.0 Å². The van der Waals surface area contributed by atoms with Gasteiger partial charge in [0.1, 0.15) is 6.04 Å². The minimum atomic E-state index is -3.46. The Bertz CT molecular complexity index is 664. The van der Waals surface area contributed by atoms with Crippen molar-refractivity contribution in [2.24, 2.45) is 0 Å². The molecule has 2 N–H and O–H groups in total. The van der Waals surface area contributed by atoms with Crippen LogP contribution < -0.4 is 10.0 Å². The van der Waals surface area contributed by atoms with Crippen LogP contribution in [0.5, 0.6) is 0 Å². The standard InChI is InChI=1S/C16H24Cl2N2O3S2/c1-4-25(22,23)20-14(8-9-24-3)16(21)19-10-11(2)15-12(17)6-5-7-13(15)18/h5-7,11,14,20H,4,8-10H2,1-3H3,(H,19,21). The number of nitrogens with one attached hydrogen (secondary N) is 2. The molecule has 0 aliphatic rings. The molecule has 0 saturated heterocycles. The molecule has 0 spiro atoms. The van der Waals surface area contributed by atoms with E-state index in [-0.39, 0.29) is 17.6 Å². The van der Waals surface area contributed by atoms with Gasteiger partial charge in [0, 0.05) is 22.5 Å². The molecule has 0 fully saturated rings. The number of hydrogen-bond acceptors (Lipinski definition) is 4. The van der Waals surface area contributed by atoms with Crippen molar-refractivity contribution >= 4 is 50.9 Å². The van der Waals surface area contributed by atoms with Gasteiger partial charge in [-0.25, -0.2) is 13.1 Å². The Kier molecular flexibility index (Phi) is 9.59. The highest BCUT2D eigenvalue weighted by Gasteiger charge is 2.24. The zero-order valence-corrected chi connectivity index (χ0v) is 17.7. The molecule has 0 aliphatic heterocycles. The van der Waals surface area contributed by atoms with Crippen LogP contribution in [0.25, 0.3) is 0 Å². The average Bonchev–Trinajstić information content (AvgIpc) is 2.56. The van der Waals surface area contributed by atoms with Crippen molar-refractivity contribution in [3.05, 3.63) is 33.8 Å². The SMILES string of the molecule is CCS(=O)(=O)NC(CCSC)C(=O)NCC(C)c1c(Cl)cccc1Cl. The Labute approximate surface area is 164 Å². The Morgan fingerprint density at radius 2 is 1.88 bits per heavy atom. The molecule has 0 saturated carbocycles. The lowest BCUT2D eigenvalue weighted by Crippen LogP contribution is -2.48. The van der Waals surface area contributed by atoms with Gasteiger partial charge in [-0.3, -0.25) is 4.79 Å². The van der Waals surface area contributed by atoms with Gasteiger partial charge in [0.2, 0.25) is 15.9 Å². The van der Waals surface area contributed by atoms with Crippen molar-refractivity contribution in [2.75, 3.05) is 24.3 Å². The fourth-order valence-electron chi connectivity index (χ4n) is 2.24. The Balaban J connectivity index is 2.76. The molecule has 9 heteroatoms. The van der Waals surface area contributed by atoms with Gasteiger partial charge in [0.25, 0.3) is 0 Å². The summed E-state index contributed by atoms with van der Waals surface area (Å²) in [6.45, 7) is 3.75. The highest BCUT2D eigenvalue weighted by molar-refractivity contribution is 7.98. The lowest BCUT2D eigenvalue weighted by molar-refractivity contribution is -0.122. The molecule has 1 amide bonds. The first kappa shape index (κ1) is 22.6. The van der Waals surface area contributed by atoms with Crippen LogP contribution in [0.1, 0.15) is 31.7 Å². The summed E-state index contributed by atoms with van der Waals surface area (Å²) in [5, 5.41) is 3.88. The third kappa shape index (κ3) is 7.35. The summed E-state index contributed by atoms with van der Waals surface area (Å²) in [7, 11) is -3.46. The lowest BCUT2D eigenvalue weighted by atomic mass is 10.0. The van der Waals surface area contributed by atoms with Crippen molar-refractivity contribution in [3.63, 3.8) is 0 Å². The number of thioether (sulfide) groups is 1. The van der Waals surface area contributed by atoms with Gasteiger partial charge in [-0.2, -0.15) is 11.8 Å². The largest absolute Gasteiger partial charge is 0.354 e. The summed E-state index contributed by atoms with van der Waals surface area (Å²) >= 11 is 13.9. The molecule has 1 rings (SSSR count). The van der Waals surface area contributed by atoms with Gasteiger partial charge in [0.15, 0.2) is 0 Å². The zero-order chi connectivity index (χ0) is 19.0. The van der Waals surface area contributed by atoms with Crippen molar-refractivity contribution in [1.82, 2.24) is 10.0 Å². The first-order chi connectivity index (χ1) is 11.7. The maximum atomic E-state index is 12.4. The number of rotatable bonds is 10. The molecule has 0 radical (unpaired) electrons. The summed E-state index contributed by atoms with van der Waals surface area (Å²) in [5.74, 6) is 0.160. The van der Waals surface area contributed by atoms with Crippen LogP contribution in [0.15, 0.2) is 18.2 Å². The predicted octanol–water partition coefficient (Wildman–Crippen LogP) is 3.27. The summed E-state index contributed by atoms with van der Waals surface area (Å²) in [5.41, 5.74) is 0.765. The van der Waals surface area contributed by atoms with Crippen molar-refractivity contribution in [2.45, 2.75) is 32.2 Å². The van der Waals surface area contributed by atoms with Gasteiger partial charge in [-0.1, -0.05) is 36.2 Å². The van der Waals surface area contributed by atoms with Crippen LogP contribution in [-0.4, -0.2) is 44.7 Å². The van der Waals surface area contributed by atoms with Crippen LogP contribution in [0.4, 0.5) is 0 Å². The summed E-state index contributed by atoms with van der Waals surface area (Å²) < 4.78 is 26.0. The molecule has 1 aromatic rings. The van der Waals surface area contributed by atoms with E-state index in [1.807, 2.05) is 13.2 Å². The summed E-state index contributed by atoms with van der Waals surface area (Å²) in [6, 6.07) is 4.47. The molecule has 142 valence electrons. The summed E-state index contributed by atoms with van der Waals surface area (Å²) in [6.07, 6.45) is 2.33. The minimum Gasteiger partial charge on any atom is -0.354 e. The number of benzene rings is 1. The Morgan fingerprint density at radius 1 is 1.28 bits per heavy atom. The van der Waals surface area contributed by atoms with E-state index < -0.39 is 16.1 Å². The molecule has 0 aliphatic carbocycles. The van der Waals surface area contributed by atoms with E-state index in [1.165, 1.54) is 6.92 Å². The third-order valence-electron chi connectivity index (χ3n) is 3.70. The van der Waals surface area contributed by atoms with Gasteiger partial charge in [-0.05, 0) is 43.0 Å². The first-order valence-corrected chi connectivity index (χ1v) is 11.7. The van der Waals surface area contributed by atoms with Crippen LogP contribution in [0.2, 0.25) is 10.0 Å². The molecular weight excluding hydrogens is 403 g/mol. The van der Waals surface area contributed by atoms with E-state index in [1.54, 1.807) is 30.0 Å². The molecule has 2 atom stereocenters. The molecular formula is C16H24Cl2N2O3S2. The van der Waals surface area contributed by atoms with Crippen LogP contribution >= 0.6 is 35.0 Å². The molecule has 0 aromatic heterocycles. The quantitative estimate of drug-likeness (QED) is 0.601. The van der Waals surface area contributed by atoms with E-state index in [4.69, 9.17) is 23.2 Å². The molecule has 5 nitrogen and oxygen atoms in total. The van der Waals surface area contributed by atoms with Crippen LogP contribution in [0, 0.1) is 0 Å². The highest BCUT2D eigenvalue weighted by Crippen LogP contribution is 2.30. The topological polar surface area (TPSA) is 75.3 Å². The second-order valence-electron chi connectivity index (χ2n) is 5.64. The third-order valence-corrected chi connectivity index (χ3v) is 6.41. The number of sulfonamides is 1. The lowest BCUT2D eigenvalue weighted by Gasteiger charge is -2.20. The minimum absolute atomic E-state index is 0.0678. The number of carbonyl (C=O) groups is 1. The highest BCUT2D eigenvalue weighted by atomic mass is 35.5. The van der Waals surface area contributed by atoms with Crippen LogP contribution in [-0.2, 0) is 14.8 Å². The van der Waals surface area contributed by atoms with Crippen molar-refractivity contribution in [3.8, 4) is 0 Å². The van der Waals surface area contributed by atoms with Gasteiger partial charge >= 0.3 is 0 Å². The van der Waals surface area contributed by atoms with Crippen LogP contribution in [0.3, 0.4) is 0 Å². The second kappa shape index (κ2) is 10.6. The zero-order valence-electron chi connectivity index (χ0n) is 14.5. The fraction of sp³-hybridized carbons (Fsp3) is 0.562. The van der Waals surface area contributed by atoms with E-state index in [0.717, 1.165) is 5.56 Å².